The highest BCUT2D eigenvalue weighted by Crippen LogP contribution is 2.00. The van der Waals surface area contributed by atoms with E-state index in [0.29, 0.717) is 13.2 Å². The zero-order valence-electron chi connectivity index (χ0n) is 9.87. The van der Waals surface area contributed by atoms with Gasteiger partial charge in [0.2, 0.25) is 5.91 Å². The Kier molecular flexibility index (Phi) is 6.70. The molecule has 0 aliphatic carbocycles. The van der Waals surface area contributed by atoms with Gasteiger partial charge in [-0.15, -0.1) is 0 Å². The number of hydrogen-bond acceptors (Lipinski definition) is 4. The SMILES string of the molecule is CCOC(=O)C(C)N(CC)CC(=O)NC. The van der Waals surface area contributed by atoms with Crippen molar-refractivity contribution in [3.8, 4) is 0 Å². The smallest absolute Gasteiger partial charge is 0.323 e. The molecule has 0 fully saturated rings. The third-order valence-corrected chi connectivity index (χ3v) is 2.21. The summed E-state index contributed by atoms with van der Waals surface area (Å²) in [6, 6.07) is -0.382. The van der Waals surface area contributed by atoms with Crippen molar-refractivity contribution < 1.29 is 14.3 Å². The molecular weight excluding hydrogens is 196 g/mol. The summed E-state index contributed by atoms with van der Waals surface area (Å²) >= 11 is 0. The fourth-order valence-electron chi connectivity index (χ4n) is 1.20. The summed E-state index contributed by atoms with van der Waals surface area (Å²) in [6.07, 6.45) is 0. The largest absolute Gasteiger partial charge is 0.465 e. The summed E-state index contributed by atoms with van der Waals surface area (Å²) in [4.78, 5) is 24.3. The molecule has 0 aromatic heterocycles. The van der Waals surface area contributed by atoms with Gasteiger partial charge in [0.1, 0.15) is 6.04 Å². The normalized spacial score (nSPS) is 12.3. The van der Waals surface area contributed by atoms with Crippen LogP contribution in [0.4, 0.5) is 0 Å². The maximum atomic E-state index is 11.4. The summed E-state index contributed by atoms with van der Waals surface area (Å²) in [5.74, 6) is -0.392. The molecule has 1 amide bonds. The third kappa shape index (κ3) is 4.78. The summed E-state index contributed by atoms with van der Waals surface area (Å²) in [6.45, 7) is 6.61. The van der Waals surface area contributed by atoms with Gasteiger partial charge in [0, 0.05) is 7.05 Å². The van der Waals surface area contributed by atoms with E-state index in [9.17, 15) is 9.59 Å². The molecule has 0 heterocycles. The van der Waals surface area contributed by atoms with Crippen LogP contribution < -0.4 is 5.32 Å². The first-order valence-electron chi connectivity index (χ1n) is 5.18. The fourth-order valence-corrected chi connectivity index (χ4v) is 1.20. The standard InChI is InChI=1S/C10H20N2O3/c1-5-12(7-9(13)11-4)8(3)10(14)15-6-2/h8H,5-7H2,1-4H3,(H,11,13). The molecule has 0 saturated heterocycles. The Morgan fingerprint density at radius 2 is 2.00 bits per heavy atom. The predicted molar refractivity (Wildman–Crippen MR) is 57.4 cm³/mol. The molecule has 0 aliphatic heterocycles. The van der Waals surface area contributed by atoms with Crippen LogP contribution in [0.15, 0.2) is 0 Å². The molecule has 1 unspecified atom stereocenters. The first-order chi connectivity index (χ1) is 7.06. The topological polar surface area (TPSA) is 58.6 Å². The van der Waals surface area contributed by atoms with Crippen LogP contribution >= 0.6 is 0 Å². The van der Waals surface area contributed by atoms with Gasteiger partial charge in [-0.05, 0) is 20.4 Å². The van der Waals surface area contributed by atoms with E-state index in [4.69, 9.17) is 4.74 Å². The first kappa shape index (κ1) is 13.9. The van der Waals surface area contributed by atoms with Crippen molar-refractivity contribution in [3.63, 3.8) is 0 Å². The zero-order valence-corrected chi connectivity index (χ0v) is 9.87. The molecule has 0 bridgehead atoms. The van der Waals surface area contributed by atoms with Crippen LogP contribution in [0.25, 0.3) is 0 Å². The Morgan fingerprint density at radius 3 is 2.40 bits per heavy atom. The molecular formula is C10H20N2O3. The predicted octanol–water partition coefficient (Wildman–Crippen LogP) is 0.00590. The van der Waals surface area contributed by atoms with Gasteiger partial charge in [0.15, 0.2) is 0 Å². The van der Waals surface area contributed by atoms with E-state index in [-0.39, 0.29) is 24.5 Å². The Morgan fingerprint density at radius 1 is 1.40 bits per heavy atom. The Labute approximate surface area is 90.8 Å². The number of amides is 1. The van der Waals surface area contributed by atoms with Crippen LogP contribution in [-0.2, 0) is 14.3 Å². The molecule has 0 spiro atoms. The maximum Gasteiger partial charge on any atom is 0.323 e. The minimum absolute atomic E-state index is 0.104. The van der Waals surface area contributed by atoms with Crippen LogP contribution in [0.3, 0.4) is 0 Å². The minimum Gasteiger partial charge on any atom is -0.465 e. The molecule has 0 saturated carbocycles. The summed E-state index contributed by atoms with van der Waals surface area (Å²) in [7, 11) is 1.57. The van der Waals surface area contributed by atoms with Crippen LogP contribution in [-0.4, -0.2) is 49.6 Å². The first-order valence-corrected chi connectivity index (χ1v) is 5.18. The quantitative estimate of drug-likeness (QED) is 0.635. The molecule has 88 valence electrons. The van der Waals surface area contributed by atoms with E-state index < -0.39 is 0 Å². The molecule has 0 aromatic rings. The Balaban J connectivity index is 4.26. The second-order valence-electron chi connectivity index (χ2n) is 3.16. The van der Waals surface area contributed by atoms with Gasteiger partial charge >= 0.3 is 5.97 Å². The number of esters is 1. The number of ether oxygens (including phenoxy) is 1. The van der Waals surface area contributed by atoms with Crippen molar-refractivity contribution >= 4 is 11.9 Å². The van der Waals surface area contributed by atoms with E-state index in [1.165, 1.54) is 0 Å². The number of rotatable bonds is 6. The van der Waals surface area contributed by atoms with Gasteiger partial charge in [0.05, 0.1) is 13.2 Å². The van der Waals surface area contributed by atoms with Gasteiger partial charge in [-0.2, -0.15) is 0 Å². The van der Waals surface area contributed by atoms with Crippen LogP contribution in [0.5, 0.6) is 0 Å². The zero-order chi connectivity index (χ0) is 11.8. The average molecular weight is 216 g/mol. The van der Waals surface area contributed by atoms with Crippen LogP contribution in [0, 0.1) is 0 Å². The van der Waals surface area contributed by atoms with Gasteiger partial charge in [-0.25, -0.2) is 0 Å². The van der Waals surface area contributed by atoms with E-state index in [1.54, 1.807) is 25.8 Å². The monoisotopic (exact) mass is 216 g/mol. The molecule has 0 aromatic carbocycles. The van der Waals surface area contributed by atoms with Gasteiger partial charge in [-0.3, -0.25) is 14.5 Å². The lowest BCUT2D eigenvalue weighted by Crippen LogP contribution is -2.45. The van der Waals surface area contributed by atoms with Crippen LogP contribution in [0.1, 0.15) is 20.8 Å². The molecule has 0 rings (SSSR count). The van der Waals surface area contributed by atoms with Crippen molar-refractivity contribution in [2.75, 3.05) is 26.7 Å². The van der Waals surface area contributed by atoms with Gasteiger partial charge < -0.3 is 10.1 Å². The van der Waals surface area contributed by atoms with Crippen molar-refractivity contribution in [3.05, 3.63) is 0 Å². The molecule has 0 radical (unpaired) electrons. The number of likely N-dealkylation sites (N-methyl/N-ethyl adjacent to an activating group) is 2. The lowest BCUT2D eigenvalue weighted by Gasteiger charge is -2.24. The van der Waals surface area contributed by atoms with E-state index in [0.717, 1.165) is 0 Å². The summed E-state index contributed by atoms with van der Waals surface area (Å²) in [5.41, 5.74) is 0. The van der Waals surface area contributed by atoms with E-state index in [1.807, 2.05) is 6.92 Å². The second-order valence-corrected chi connectivity index (χ2v) is 3.16. The molecule has 1 atom stereocenters. The Bertz CT molecular complexity index is 219. The van der Waals surface area contributed by atoms with Crippen molar-refractivity contribution in [1.82, 2.24) is 10.2 Å². The molecule has 5 heteroatoms. The highest BCUT2D eigenvalue weighted by atomic mass is 16.5. The fraction of sp³-hybridized carbons (Fsp3) is 0.800. The molecule has 5 nitrogen and oxygen atoms in total. The molecule has 0 aliphatic rings. The van der Waals surface area contributed by atoms with E-state index in [2.05, 4.69) is 5.32 Å². The molecule has 1 N–H and O–H groups in total. The average Bonchev–Trinajstić information content (AvgIpc) is 2.24. The van der Waals surface area contributed by atoms with Crippen molar-refractivity contribution in [2.24, 2.45) is 0 Å². The number of carbonyl (C=O) groups excluding carboxylic acids is 2. The number of carbonyl (C=O) groups is 2. The van der Waals surface area contributed by atoms with Crippen LogP contribution in [0.2, 0.25) is 0 Å². The maximum absolute atomic E-state index is 11.4. The number of nitrogens with zero attached hydrogens (tertiary/aromatic N) is 1. The highest BCUT2D eigenvalue weighted by molar-refractivity contribution is 5.80. The van der Waals surface area contributed by atoms with Gasteiger partial charge in [0.25, 0.3) is 0 Å². The number of hydrogen-bond donors (Lipinski definition) is 1. The molecule has 15 heavy (non-hydrogen) atoms. The lowest BCUT2D eigenvalue weighted by atomic mass is 10.3. The van der Waals surface area contributed by atoms with E-state index >= 15 is 0 Å². The second kappa shape index (κ2) is 7.23. The number of nitrogens with one attached hydrogen (secondary N) is 1. The lowest BCUT2D eigenvalue weighted by molar-refractivity contribution is -0.149. The summed E-state index contributed by atoms with van der Waals surface area (Å²) in [5, 5.41) is 2.52. The summed E-state index contributed by atoms with van der Waals surface area (Å²) < 4.78 is 4.89. The Hall–Kier alpha value is -1.10. The third-order valence-electron chi connectivity index (χ3n) is 2.21. The minimum atomic E-state index is -0.382. The highest BCUT2D eigenvalue weighted by Gasteiger charge is 2.22. The van der Waals surface area contributed by atoms with Crippen molar-refractivity contribution in [2.45, 2.75) is 26.8 Å². The van der Waals surface area contributed by atoms with Crippen molar-refractivity contribution in [1.29, 1.82) is 0 Å². The van der Waals surface area contributed by atoms with Gasteiger partial charge in [-0.1, -0.05) is 6.92 Å².